The Bertz CT molecular complexity index is 28.4. The average molecular weight is 317 g/mol. The minimum Gasteiger partial charge on any atom is -0.346 e. The molecule has 3 heteroatoms. The van der Waals surface area contributed by atoms with Gasteiger partial charge in [-0.3, -0.25) is 0 Å². The number of rotatable bonds is 0. The van der Waals surface area contributed by atoms with E-state index in [1.54, 1.807) is 13.8 Å². The maximum Gasteiger partial charge on any atom is 2.00 e. The second-order valence-corrected chi connectivity index (χ2v) is 8.05. The van der Waals surface area contributed by atoms with Crippen LogP contribution in [-0.4, -0.2) is 40.0 Å². The summed E-state index contributed by atoms with van der Waals surface area (Å²) in [6.45, 7) is 23.4. The molecule has 0 aliphatic carbocycles. The Kier molecular flexibility index (Phi) is 84.4. The third kappa shape index (κ3) is 775. The van der Waals surface area contributed by atoms with Gasteiger partial charge in [0.1, 0.15) is 0 Å². The van der Waals surface area contributed by atoms with Gasteiger partial charge in [0.05, 0.1) is 0 Å². The van der Waals surface area contributed by atoms with Crippen molar-refractivity contribution in [2.75, 3.05) is 40.0 Å². The van der Waals surface area contributed by atoms with Crippen molar-refractivity contribution in [1.82, 2.24) is 0 Å². The van der Waals surface area contributed by atoms with Crippen molar-refractivity contribution in [1.29, 1.82) is 0 Å². The predicted molar refractivity (Wildman–Crippen MR) is 71.4 cm³/mol. The van der Waals surface area contributed by atoms with Gasteiger partial charge in [0.25, 0.3) is 0 Å². The average Bonchev–Trinajstić information content (AvgIpc) is 1.93. The second kappa shape index (κ2) is 37.5. The summed E-state index contributed by atoms with van der Waals surface area (Å²) in [6, 6.07) is 0. The molecule has 88 valence electrons. The molecule has 0 spiro atoms. The standard InChI is InChI=1S/2C3H9P.2C2H5.Pd/c2*1-4(2)3;2*1-2;/h2*1-3H3;2*1H2,2H3;/q;;2*-1;+2. The van der Waals surface area contributed by atoms with Gasteiger partial charge in [-0.25, -0.2) is 0 Å². The fraction of sp³-hybridized carbons (Fsp3) is 0.800. The van der Waals surface area contributed by atoms with Crippen LogP contribution in [0.5, 0.6) is 0 Å². The minimum absolute atomic E-state index is 0. The molecule has 0 aromatic rings. The fourth-order valence-corrected chi connectivity index (χ4v) is 0. The van der Waals surface area contributed by atoms with E-state index in [1.807, 2.05) is 0 Å². The van der Waals surface area contributed by atoms with E-state index in [1.165, 1.54) is 0 Å². The molecule has 0 atom stereocenters. The van der Waals surface area contributed by atoms with Crippen LogP contribution in [0.3, 0.4) is 0 Å². The molecule has 0 nitrogen and oxygen atoms in total. The molecule has 0 saturated carbocycles. The van der Waals surface area contributed by atoms with Gasteiger partial charge in [-0.1, -0.05) is 0 Å². The quantitative estimate of drug-likeness (QED) is 0.353. The molecule has 0 rings (SSSR count). The SMILES string of the molecule is CP(C)C.CP(C)C.[CH2-]C.[CH2-]C.[Pd+2]. The first kappa shape index (κ1) is 29.3. The molecule has 0 aromatic carbocycles. The first-order chi connectivity index (χ1) is 5.46. The maximum absolute atomic E-state index is 3.25. The van der Waals surface area contributed by atoms with Gasteiger partial charge in [0, 0.05) is 0 Å². The van der Waals surface area contributed by atoms with Crippen molar-refractivity contribution in [3.63, 3.8) is 0 Å². The Labute approximate surface area is 104 Å². The molecular formula is C10H28P2Pd. The summed E-state index contributed by atoms with van der Waals surface area (Å²) in [5.74, 6) is 0. The van der Waals surface area contributed by atoms with Crippen molar-refractivity contribution < 1.29 is 20.4 Å². The van der Waals surface area contributed by atoms with Crippen LogP contribution in [0.25, 0.3) is 0 Å². The van der Waals surface area contributed by atoms with E-state index in [2.05, 4.69) is 53.8 Å². The molecule has 0 bridgehead atoms. The first-order valence-electron chi connectivity index (χ1n) is 4.10. The molecule has 0 aliphatic heterocycles. The molecule has 0 fully saturated rings. The van der Waals surface area contributed by atoms with Crippen molar-refractivity contribution in [3.8, 4) is 0 Å². The van der Waals surface area contributed by atoms with Crippen molar-refractivity contribution in [2.45, 2.75) is 13.8 Å². The summed E-state index contributed by atoms with van der Waals surface area (Å²) in [5, 5.41) is 0. The van der Waals surface area contributed by atoms with E-state index in [4.69, 9.17) is 0 Å². The van der Waals surface area contributed by atoms with E-state index < -0.39 is 0 Å². The first-order valence-corrected chi connectivity index (χ1v) is 9.46. The molecular weight excluding hydrogens is 288 g/mol. The van der Waals surface area contributed by atoms with E-state index in [0.717, 1.165) is 0 Å². The Hall–Kier alpha value is 1.52. The monoisotopic (exact) mass is 316 g/mol. The van der Waals surface area contributed by atoms with Crippen LogP contribution in [-0.2, 0) is 20.4 Å². The van der Waals surface area contributed by atoms with Gasteiger partial charge in [0.2, 0.25) is 0 Å². The molecule has 0 heterocycles. The molecule has 0 aromatic heterocycles. The van der Waals surface area contributed by atoms with Crippen LogP contribution in [0.1, 0.15) is 13.8 Å². The third-order valence-corrected chi connectivity index (χ3v) is 0. The van der Waals surface area contributed by atoms with Gasteiger partial charge in [0.15, 0.2) is 0 Å². The van der Waals surface area contributed by atoms with Gasteiger partial charge < -0.3 is 13.8 Å². The number of hydrogen-bond donors (Lipinski definition) is 0. The van der Waals surface area contributed by atoms with Gasteiger partial charge in [-0.2, -0.15) is 13.8 Å². The van der Waals surface area contributed by atoms with Crippen LogP contribution in [0, 0.1) is 13.8 Å². The zero-order chi connectivity index (χ0) is 11.2. The largest absolute Gasteiger partial charge is 2.00 e. The zero-order valence-corrected chi connectivity index (χ0v) is 14.0. The number of hydrogen-bond acceptors (Lipinski definition) is 0. The minimum atomic E-state index is 0. The van der Waals surface area contributed by atoms with Crippen molar-refractivity contribution in [2.24, 2.45) is 0 Å². The maximum atomic E-state index is 3.25. The Morgan fingerprint density at radius 2 is 0.538 bits per heavy atom. The normalized spacial score (nSPS) is 6.46. The summed E-state index contributed by atoms with van der Waals surface area (Å²) in [7, 11) is 0.759. The van der Waals surface area contributed by atoms with Gasteiger partial charge in [-0.15, -0.1) is 15.8 Å². The third-order valence-electron chi connectivity index (χ3n) is 0. The molecule has 0 aliphatic rings. The molecule has 0 N–H and O–H groups in total. The smallest absolute Gasteiger partial charge is 0.346 e. The van der Waals surface area contributed by atoms with E-state index >= 15 is 0 Å². The van der Waals surface area contributed by atoms with Gasteiger partial charge in [-0.05, 0) is 40.0 Å². The van der Waals surface area contributed by atoms with Crippen LogP contribution >= 0.6 is 15.8 Å². The molecule has 0 radical (unpaired) electrons. The van der Waals surface area contributed by atoms with Crippen LogP contribution in [0.4, 0.5) is 0 Å². The van der Waals surface area contributed by atoms with Gasteiger partial charge >= 0.3 is 20.4 Å². The topological polar surface area (TPSA) is 0 Å². The van der Waals surface area contributed by atoms with Crippen LogP contribution in [0.2, 0.25) is 0 Å². The van der Waals surface area contributed by atoms with E-state index in [-0.39, 0.29) is 20.4 Å². The predicted octanol–water partition coefficient (Wildman–Crippen LogP) is 4.39. The zero-order valence-electron chi connectivity index (χ0n) is 10.6. The molecule has 13 heavy (non-hydrogen) atoms. The summed E-state index contributed by atoms with van der Waals surface area (Å²) >= 11 is 0. The Morgan fingerprint density at radius 1 is 0.538 bits per heavy atom. The Morgan fingerprint density at radius 3 is 0.538 bits per heavy atom. The summed E-state index contributed by atoms with van der Waals surface area (Å²) in [6.07, 6.45) is 0. The summed E-state index contributed by atoms with van der Waals surface area (Å²) < 4.78 is 0. The van der Waals surface area contributed by atoms with Crippen molar-refractivity contribution in [3.05, 3.63) is 13.8 Å². The van der Waals surface area contributed by atoms with Crippen molar-refractivity contribution >= 4 is 15.8 Å². The molecule has 0 unspecified atom stereocenters. The van der Waals surface area contributed by atoms with Crippen LogP contribution < -0.4 is 0 Å². The molecule has 0 saturated heterocycles. The molecule has 0 amide bonds. The van der Waals surface area contributed by atoms with E-state index in [9.17, 15) is 0 Å². The summed E-state index contributed by atoms with van der Waals surface area (Å²) in [5.41, 5.74) is 0. The fourth-order valence-electron chi connectivity index (χ4n) is 0. The van der Waals surface area contributed by atoms with E-state index in [0.29, 0.717) is 15.8 Å². The Balaban J connectivity index is -0.0000000226. The van der Waals surface area contributed by atoms with Crippen LogP contribution in [0.15, 0.2) is 0 Å². The summed E-state index contributed by atoms with van der Waals surface area (Å²) in [4.78, 5) is 0. The second-order valence-electron chi connectivity index (χ2n) is 2.68.